The van der Waals surface area contributed by atoms with Gasteiger partial charge in [0.15, 0.2) is 0 Å². The van der Waals surface area contributed by atoms with Gasteiger partial charge < -0.3 is 10.1 Å². The zero-order chi connectivity index (χ0) is 21.2. The number of hydrogen-bond donors (Lipinski definition) is 1. The fourth-order valence-electron chi connectivity index (χ4n) is 4.04. The van der Waals surface area contributed by atoms with Gasteiger partial charge in [0.05, 0.1) is 11.8 Å². The third-order valence-electron chi connectivity index (χ3n) is 5.10. The van der Waals surface area contributed by atoms with Crippen molar-refractivity contribution >= 4 is 11.7 Å². The molecule has 29 heavy (non-hydrogen) atoms. The Balaban J connectivity index is 1.75. The van der Waals surface area contributed by atoms with Crippen LogP contribution in [0.25, 0.3) is 0 Å². The fraction of sp³-hybridized carbons (Fsp3) is 0.520. The number of carbonyl (C=O) groups is 1. The van der Waals surface area contributed by atoms with Crippen LogP contribution >= 0.6 is 0 Å². The summed E-state index contributed by atoms with van der Waals surface area (Å²) in [5.74, 6) is 2.99. The smallest absolute Gasteiger partial charge is 0.343 e. The summed E-state index contributed by atoms with van der Waals surface area (Å²) >= 11 is 0. The largest absolute Gasteiger partial charge is 0.421 e. The fourth-order valence-corrected chi connectivity index (χ4v) is 4.04. The van der Waals surface area contributed by atoms with Crippen molar-refractivity contribution in [2.24, 2.45) is 23.7 Å². The number of aromatic nitrogens is 1. The molecule has 0 aliphatic heterocycles. The molecular formula is C25H36N2O2. The van der Waals surface area contributed by atoms with Gasteiger partial charge in [0.2, 0.25) is 0 Å². The first-order valence-corrected chi connectivity index (χ1v) is 10.8. The van der Waals surface area contributed by atoms with E-state index >= 15 is 0 Å². The monoisotopic (exact) mass is 396 g/mol. The zero-order valence-electron chi connectivity index (χ0n) is 18.5. The molecule has 3 atom stereocenters. The first-order valence-electron chi connectivity index (χ1n) is 10.8. The summed E-state index contributed by atoms with van der Waals surface area (Å²) in [4.78, 5) is 16.1. The minimum Gasteiger partial charge on any atom is -0.421 e. The second-order valence-corrected chi connectivity index (χ2v) is 8.95. The molecule has 3 unspecified atom stereocenters. The Morgan fingerprint density at radius 2 is 1.59 bits per heavy atom. The Morgan fingerprint density at radius 1 is 0.931 bits per heavy atom. The van der Waals surface area contributed by atoms with Crippen LogP contribution in [0.3, 0.4) is 0 Å². The highest BCUT2D eigenvalue weighted by molar-refractivity contribution is 5.91. The van der Waals surface area contributed by atoms with E-state index in [-0.39, 0.29) is 5.97 Å². The lowest BCUT2D eigenvalue weighted by molar-refractivity contribution is 0.0734. The molecule has 0 bridgehead atoms. The minimum atomic E-state index is -0.373. The molecule has 1 heterocycles. The molecule has 0 aliphatic carbocycles. The molecule has 0 spiro atoms. The molecular weight excluding hydrogens is 360 g/mol. The van der Waals surface area contributed by atoms with E-state index in [1.165, 1.54) is 25.5 Å². The number of pyridine rings is 1. The predicted octanol–water partition coefficient (Wildman–Crippen LogP) is 6.45. The molecule has 2 aromatic rings. The van der Waals surface area contributed by atoms with Crippen molar-refractivity contribution in [3.8, 4) is 5.75 Å². The number of esters is 1. The Bertz CT molecular complexity index is 728. The third kappa shape index (κ3) is 8.68. The van der Waals surface area contributed by atoms with E-state index < -0.39 is 0 Å². The normalized spacial score (nSPS) is 14.3. The second kappa shape index (κ2) is 11.6. The molecule has 0 aliphatic rings. The van der Waals surface area contributed by atoms with Crippen LogP contribution in [0.5, 0.6) is 5.75 Å². The van der Waals surface area contributed by atoms with Crippen LogP contribution < -0.4 is 10.1 Å². The first kappa shape index (κ1) is 22.9. The SMILES string of the molecule is CC(C)CC(C)CC(C)CC(C)CNc1ccc(C(=O)Oc2cccnc2)cc1. The lowest BCUT2D eigenvalue weighted by Crippen LogP contribution is -2.16. The number of nitrogens with one attached hydrogen (secondary N) is 1. The van der Waals surface area contributed by atoms with Gasteiger partial charge in [0.1, 0.15) is 5.75 Å². The summed E-state index contributed by atoms with van der Waals surface area (Å²) in [5, 5.41) is 3.49. The van der Waals surface area contributed by atoms with E-state index in [1.54, 1.807) is 30.5 Å². The molecule has 1 N–H and O–H groups in total. The van der Waals surface area contributed by atoms with Crippen LogP contribution in [0.1, 0.15) is 64.2 Å². The number of carbonyl (C=O) groups excluding carboxylic acids is 1. The van der Waals surface area contributed by atoms with E-state index in [2.05, 4.69) is 44.9 Å². The number of ether oxygens (including phenoxy) is 1. The van der Waals surface area contributed by atoms with Gasteiger partial charge in [0.25, 0.3) is 0 Å². The van der Waals surface area contributed by atoms with Crippen LogP contribution in [0.15, 0.2) is 48.8 Å². The van der Waals surface area contributed by atoms with Gasteiger partial charge in [-0.25, -0.2) is 4.79 Å². The highest BCUT2D eigenvalue weighted by Crippen LogP contribution is 2.24. The number of rotatable bonds is 11. The van der Waals surface area contributed by atoms with E-state index in [0.717, 1.165) is 30.0 Å². The van der Waals surface area contributed by atoms with Crippen LogP contribution in [0, 0.1) is 23.7 Å². The third-order valence-corrected chi connectivity index (χ3v) is 5.10. The van der Waals surface area contributed by atoms with Crippen LogP contribution in [-0.2, 0) is 0 Å². The van der Waals surface area contributed by atoms with Crippen LogP contribution in [-0.4, -0.2) is 17.5 Å². The molecule has 1 aromatic carbocycles. The lowest BCUT2D eigenvalue weighted by Gasteiger charge is -2.22. The highest BCUT2D eigenvalue weighted by atomic mass is 16.5. The highest BCUT2D eigenvalue weighted by Gasteiger charge is 2.14. The van der Waals surface area contributed by atoms with Crippen molar-refractivity contribution in [2.45, 2.75) is 53.9 Å². The average molecular weight is 397 g/mol. The summed E-state index contributed by atoms with van der Waals surface area (Å²) in [7, 11) is 0. The number of benzene rings is 1. The summed E-state index contributed by atoms with van der Waals surface area (Å²) in [6, 6.07) is 10.9. The van der Waals surface area contributed by atoms with E-state index in [0.29, 0.717) is 17.2 Å². The molecule has 0 radical (unpaired) electrons. The van der Waals surface area contributed by atoms with Gasteiger partial charge in [0, 0.05) is 18.4 Å². The van der Waals surface area contributed by atoms with Crippen molar-refractivity contribution in [2.75, 3.05) is 11.9 Å². The van der Waals surface area contributed by atoms with Gasteiger partial charge in [-0.3, -0.25) is 4.98 Å². The van der Waals surface area contributed by atoms with Crippen LogP contribution in [0.2, 0.25) is 0 Å². The molecule has 0 fully saturated rings. The Morgan fingerprint density at radius 3 is 2.21 bits per heavy atom. The summed E-state index contributed by atoms with van der Waals surface area (Å²) < 4.78 is 5.32. The first-order chi connectivity index (χ1) is 13.8. The van der Waals surface area contributed by atoms with E-state index in [9.17, 15) is 4.79 Å². The van der Waals surface area contributed by atoms with Gasteiger partial charge in [-0.1, -0.05) is 34.6 Å². The quantitative estimate of drug-likeness (QED) is 0.444. The number of nitrogens with zero attached hydrogens (tertiary/aromatic N) is 1. The lowest BCUT2D eigenvalue weighted by atomic mass is 9.86. The Hall–Kier alpha value is -2.36. The second-order valence-electron chi connectivity index (χ2n) is 8.95. The topological polar surface area (TPSA) is 51.2 Å². The number of anilines is 1. The zero-order valence-corrected chi connectivity index (χ0v) is 18.5. The standard InChI is InChI=1S/C25H36N2O2/c1-18(2)13-19(3)14-20(4)15-21(5)16-27-23-10-8-22(9-11-23)25(28)29-24-7-6-12-26-17-24/h6-12,17-21,27H,13-16H2,1-5H3. The molecule has 158 valence electrons. The molecule has 4 nitrogen and oxygen atoms in total. The van der Waals surface area contributed by atoms with Gasteiger partial charge >= 0.3 is 5.97 Å². The molecule has 1 aromatic heterocycles. The van der Waals surface area contributed by atoms with Crippen molar-refractivity contribution in [1.29, 1.82) is 0 Å². The van der Waals surface area contributed by atoms with E-state index in [4.69, 9.17) is 4.74 Å². The maximum atomic E-state index is 12.2. The number of hydrogen-bond acceptors (Lipinski definition) is 4. The van der Waals surface area contributed by atoms with Crippen molar-refractivity contribution in [3.05, 3.63) is 54.4 Å². The van der Waals surface area contributed by atoms with Gasteiger partial charge in [-0.05, 0) is 79.3 Å². The Labute approximate surface area is 176 Å². The molecule has 0 saturated carbocycles. The molecule has 4 heteroatoms. The van der Waals surface area contributed by atoms with E-state index in [1.807, 2.05) is 12.1 Å². The maximum Gasteiger partial charge on any atom is 0.343 e. The summed E-state index contributed by atoms with van der Waals surface area (Å²) in [5.41, 5.74) is 1.55. The Kier molecular flexibility index (Phi) is 9.17. The van der Waals surface area contributed by atoms with Crippen molar-refractivity contribution in [1.82, 2.24) is 4.98 Å². The van der Waals surface area contributed by atoms with Gasteiger partial charge in [-0.2, -0.15) is 0 Å². The summed E-state index contributed by atoms with van der Waals surface area (Å²) in [6.07, 6.45) is 7.01. The summed E-state index contributed by atoms with van der Waals surface area (Å²) in [6.45, 7) is 12.6. The maximum absolute atomic E-state index is 12.2. The average Bonchev–Trinajstić information content (AvgIpc) is 2.66. The van der Waals surface area contributed by atoms with Gasteiger partial charge in [-0.15, -0.1) is 0 Å². The molecule has 2 rings (SSSR count). The predicted molar refractivity (Wildman–Crippen MR) is 120 cm³/mol. The minimum absolute atomic E-state index is 0.373. The van der Waals surface area contributed by atoms with Crippen molar-refractivity contribution in [3.63, 3.8) is 0 Å². The van der Waals surface area contributed by atoms with Crippen molar-refractivity contribution < 1.29 is 9.53 Å². The van der Waals surface area contributed by atoms with Crippen LogP contribution in [0.4, 0.5) is 5.69 Å². The molecule has 0 saturated heterocycles. The molecule has 0 amide bonds.